The first-order valence-corrected chi connectivity index (χ1v) is 6.66. The van der Waals surface area contributed by atoms with E-state index in [1.54, 1.807) is 0 Å². The van der Waals surface area contributed by atoms with Crippen LogP contribution in [0.5, 0.6) is 0 Å². The van der Waals surface area contributed by atoms with Crippen LogP contribution in [0, 0.1) is 0 Å². The lowest BCUT2D eigenvalue weighted by molar-refractivity contribution is 1.11. The second-order valence-corrected chi connectivity index (χ2v) is 5.10. The summed E-state index contributed by atoms with van der Waals surface area (Å²) < 4.78 is 0. The molecule has 3 rings (SSSR count). The van der Waals surface area contributed by atoms with Crippen molar-refractivity contribution in [2.24, 2.45) is 0 Å². The normalized spacial score (nSPS) is 13.3. The van der Waals surface area contributed by atoms with Gasteiger partial charge in [-0.25, -0.2) is 0 Å². The minimum Gasteiger partial charge on any atom is -0.0683 e. The molecule has 18 heavy (non-hydrogen) atoms. The van der Waals surface area contributed by atoms with Crippen LogP contribution in [0.3, 0.4) is 0 Å². The van der Waals surface area contributed by atoms with E-state index in [4.69, 9.17) is 0 Å². The Morgan fingerprint density at radius 1 is 1.06 bits per heavy atom. The summed E-state index contributed by atoms with van der Waals surface area (Å²) in [5.74, 6) is 0. The zero-order valence-electron chi connectivity index (χ0n) is 11.0. The Kier molecular flexibility index (Phi) is 2.79. The highest BCUT2D eigenvalue weighted by Gasteiger charge is 2.15. The molecule has 0 fully saturated rings. The highest BCUT2D eigenvalue weighted by Crippen LogP contribution is 2.35. The minimum absolute atomic E-state index is 1.10. The summed E-state index contributed by atoms with van der Waals surface area (Å²) in [7, 11) is 0. The summed E-state index contributed by atoms with van der Waals surface area (Å²) in [4.78, 5) is 0. The van der Waals surface area contributed by atoms with Gasteiger partial charge in [0.1, 0.15) is 0 Å². The number of allylic oxidation sites excluding steroid dienone is 1. The SMILES string of the molecule is CCc1cc2c(c(-c3ccccc3)c1)C=C(C)C2. The zero-order chi connectivity index (χ0) is 12.5. The maximum Gasteiger partial charge on any atom is -0.00603 e. The van der Waals surface area contributed by atoms with Crippen LogP contribution in [0.1, 0.15) is 30.5 Å². The first kappa shape index (κ1) is 11.3. The van der Waals surface area contributed by atoms with Crippen molar-refractivity contribution in [3.63, 3.8) is 0 Å². The lowest BCUT2D eigenvalue weighted by atomic mass is 9.94. The van der Waals surface area contributed by atoms with Gasteiger partial charge in [-0.1, -0.05) is 61.0 Å². The molecule has 0 amide bonds. The first-order valence-electron chi connectivity index (χ1n) is 6.66. The molecule has 0 atom stereocenters. The van der Waals surface area contributed by atoms with E-state index in [0.29, 0.717) is 0 Å². The molecule has 0 aromatic heterocycles. The van der Waals surface area contributed by atoms with Crippen LogP contribution in [-0.4, -0.2) is 0 Å². The molecule has 1 aliphatic carbocycles. The van der Waals surface area contributed by atoms with E-state index in [0.717, 1.165) is 12.8 Å². The fraction of sp³-hybridized carbons (Fsp3) is 0.222. The number of aryl methyl sites for hydroxylation is 1. The predicted molar refractivity (Wildman–Crippen MR) is 78.6 cm³/mol. The smallest absolute Gasteiger partial charge is 0.00603 e. The third-order valence-electron chi connectivity index (χ3n) is 3.68. The van der Waals surface area contributed by atoms with Crippen LogP contribution in [0.15, 0.2) is 48.0 Å². The van der Waals surface area contributed by atoms with E-state index in [1.165, 1.54) is 33.4 Å². The Morgan fingerprint density at radius 2 is 1.83 bits per heavy atom. The van der Waals surface area contributed by atoms with Crippen molar-refractivity contribution in [1.82, 2.24) is 0 Å². The highest BCUT2D eigenvalue weighted by atomic mass is 14.2. The fourth-order valence-corrected chi connectivity index (χ4v) is 2.75. The molecule has 0 spiro atoms. The molecule has 2 aromatic rings. The molecule has 0 heterocycles. The molecular weight excluding hydrogens is 216 g/mol. The monoisotopic (exact) mass is 234 g/mol. The average molecular weight is 234 g/mol. The van der Waals surface area contributed by atoms with E-state index in [9.17, 15) is 0 Å². The van der Waals surface area contributed by atoms with Crippen molar-refractivity contribution in [3.05, 3.63) is 64.7 Å². The molecular formula is C18H18. The zero-order valence-corrected chi connectivity index (χ0v) is 11.0. The molecule has 0 heteroatoms. The molecule has 0 unspecified atom stereocenters. The molecule has 0 saturated heterocycles. The van der Waals surface area contributed by atoms with E-state index < -0.39 is 0 Å². The van der Waals surface area contributed by atoms with Gasteiger partial charge in [0.05, 0.1) is 0 Å². The van der Waals surface area contributed by atoms with Crippen molar-refractivity contribution >= 4 is 6.08 Å². The molecule has 0 N–H and O–H groups in total. The van der Waals surface area contributed by atoms with Crippen molar-refractivity contribution in [2.45, 2.75) is 26.7 Å². The maximum atomic E-state index is 2.37. The summed E-state index contributed by atoms with van der Waals surface area (Å²) >= 11 is 0. The number of benzene rings is 2. The second kappa shape index (κ2) is 4.45. The van der Waals surface area contributed by atoms with Crippen LogP contribution in [-0.2, 0) is 12.8 Å². The molecule has 0 bridgehead atoms. The van der Waals surface area contributed by atoms with Gasteiger partial charge in [-0.05, 0) is 47.6 Å². The van der Waals surface area contributed by atoms with Gasteiger partial charge in [-0.2, -0.15) is 0 Å². The van der Waals surface area contributed by atoms with Crippen molar-refractivity contribution < 1.29 is 0 Å². The molecule has 0 aliphatic heterocycles. The topological polar surface area (TPSA) is 0 Å². The van der Waals surface area contributed by atoms with Gasteiger partial charge in [-0.3, -0.25) is 0 Å². The fourth-order valence-electron chi connectivity index (χ4n) is 2.75. The lowest BCUT2D eigenvalue weighted by Gasteiger charge is -2.11. The quantitative estimate of drug-likeness (QED) is 0.695. The van der Waals surface area contributed by atoms with Crippen LogP contribution >= 0.6 is 0 Å². The Bertz CT molecular complexity index is 603. The third kappa shape index (κ3) is 1.88. The van der Waals surface area contributed by atoms with Crippen molar-refractivity contribution in [1.29, 1.82) is 0 Å². The van der Waals surface area contributed by atoms with E-state index in [-0.39, 0.29) is 0 Å². The van der Waals surface area contributed by atoms with Crippen LogP contribution < -0.4 is 0 Å². The number of rotatable bonds is 2. The Balaban J connectivity index is 2.22. The van der Waals surface area contributed by atoms with Gasteiger partial charge >= 0.3 is 0 Å². The predicted octanol–water partition coefficient (Wildman–Crippen LogP) is 4.88. The van der Waals surface area contributed by atoms with Crippen LogP contribution in [0.25, 0.3) is 17.2 Å². The largest absolute Gasteiger partial charge is 0.0683 e. The van der Waals surface area contributed by atoms with Crippen molar-refractivity contribution in [3.8, 4) is 11.1 Å². The van der Waals surface area contributed by atoms with E-state index in [1.807, 2.05) is 0 Å². The van der Waals surface area contributed by atoms with Crippen molar-refractivity contribution in [2.75, 3.05) is 0 Å². The average Bonchev–Trinajstić information content (AvgIpc) is 2.78. The second-order valence-electron chi connectivity index (χ2n) is 5.10. The summed E-state index contributed by atoms with van der Waals surface area (Å²) in [6.07, 6.45) is 4.56. The van der Waals surface area contributed by atoms with Gasteiger partial charge < -0.3 is 0 Å². The minimum atomic E-state index is 1.10. The van der Waals surface area contributed by atoms with Gasteiger partial charge in [0.15, 0.2) is 0 Å². The van der Waals surface area contributed by atoms with Crippen LogP contribution in [0.2, 0.25) is 0 Å². The number of fused-ring (bicyclic) bond motifs is 1. The number of hydrogen-bond donors (Lipinski definition) is 0. The molecule has 0 nitrogen and oxygen atoms in total. The molecule has 2 aromatic carbocycles. The van der Waals surface area contributed by atoms with Gasteiger partial charge in [0, 0.05) is 0 Å². The summed E-state index contributed by atoms with van der Waals surface area (Å²) in [5, 5.41) is 0. The Labute approximate surface area is 109 Å². The highest BCUT2D eigenvalue weighted by molar-refractivity contribution is 5.81. The third-order valence-corrected chi connectivity index (χ3v) is 3.68. The van der Waals surface area contributed by atoms with Crippen LogP contribution in [0.4, 0.5) is 0 Å². The molecule has 0 saturated carbocycles. The summed E-state index contributed by atoms with van der Waals surface area (Å²) in [6, 6.07) is 15.4. The maximum absolute atomic E-state index is 2.37. The molecule has 1 aliphatic rings. The Morgan fingerprint density at radius 3 is 2.56 bits per heavy atom. The van der Waals surface area contributed by atoms with E-state index in [2.05, 4.69) is 62.4 Å². The standard InChI is InChI=1S/C18H18/c1-3-14-11-16-9-13(2)10-17(16)18(12-14)15-7-5-4-6-8-15/h4-8,10-12H,3,9H2,1-2H3. The first-order chi connectivity index (χ1) is 8.78. The van der Waals surface area contributed by atoms with Gasteiger partial charge in [0.2, 0.25) is 0 Å². The van der Waals surface area contributed by atoms with Gasteiger partial charge in [-0.15, -0.1) is 0 Å². The van der Waals surface area contributed by atoms with E-state index >= 15 is 0 Å². The molecule has 0 radical (unpaired) electrons. The lowest BCUT2D eigenvalue weighted by Crippen LogP contribution is -1.92. The summed E-state index contributed by atoms with van der Waals surface area (Å²) in [6.45, 7) is 4.45. The number of hydrogen-bond acceptors (Lipinski definition) is 0. The van der Waals surface area contributed by atoms with Gasteiger partial charge in [0.25, 0.3) is 0 Å². The summed E-state index contributed by atoms with van der Waals surface area (Å²) in [5.41, 5.74) is 8.55. The molecule has 90 valence electrons. The Hall–Kier alpha value is -1.82.